The molecule has 0 aromatic heterocycles. The summed E-state index contributed by atoms with van der Waals surface area (Å²) in [5.41, 5.74) is 0. The Morgan fingerprint density at radius 3 is 2.83 bits per heavy atom. The minimum atomic E-state index is -1.35. The Kier molecular flexibility index (Phi) is 2.78. The van der Waals surface area contributed by atoms with Crippen LogP contribution in [0.4, 0.5) is 0 Å². The highest BCUT2D eigenvalue weighted by molar-refractivity contribution is 6.01. The second-order valence-electron chi connectivity index (χ2n) is 2.64. The first-order valence-electron chi connectivity index (χ1n) is 3.60. The second-order valence-corrected chi connectivity index (χ2v) is 2.64. The Morgan fingerprint density at radius 1 is 1.58 bits per heavy atom. The van der Waals surface area contributed by atoms with Crippen LogP contribution in [0.25, 0.3) is 0 Å². The second kappa shape index (κ2) is 3.64. The van der Waals surface area contributed by atoms with Crippen molar-refractivity contribution in [1.82, 2.24) is 0 Å². The number of carboxylic acid groups (broad SMARTS) is 1. The van der Waals surface area contributed by atoms with Gasteiger partial charge >= 0.3 is 5.97 Å². The van der Waals surface area contributed by atoms with Crippen LogP contribution in [0.2, 0.25) is 0 Å². The zero-order valence-electron chi connectivity index (χ0n) is 6.65. The van der Waals surface area contributed by atoms with Crippen LogP contribution >= 0.6 is 0 Å². The highest BCUT2D eigenvalue weighted by atomic mass is 16.6. The van der Waals surface area contributed by atoms with E-state index < -0.39 is 17.9 Å². The van der Waals surface area contributed by atoms with Crippen LogP contribution in [0.1, 0.15) is 6.92 Å². The minimum absolute atomic E-state index is 0.142. The van der Waals surface area contributed by atoms with E-state index in [1.165, 1.54) is 0 Å². The van der Waals surface area contributed by atoms with Crippen LogP contribution in [0.3, 0.4) is 0 Å². The summed E-state index contributed by atoms with van der Waals surface area (Å²) < 4.78 is 9.77. The van der Waals surface area contributed by atoms with E-state index >= 15 is 0 Å². The van der Waals surface area contributed by atoms with E-state index in [-0.39, 0.29) is 19.3 Å². The van der Waals surface area contributed by atoms with Crippen molar-refractivity contribution in [3.05, 3.63) is 0 Å². The van der Waals surface area contributed by atoms with Gasteiger partial charge in [-0.1, -0.05) is 0 Å². The van der Waals surface area contributed by atoms with E-state index in [9.17, 15) is 9.59 Å². The van der Waals surface area contributed by atoms with E-state index in [2.05, 4.69) is 0 Å². The van der Waals surface area contributed by atoms with Crippen LogP contribution in [-0.2, 0) is 19.1 Å². The predicted octanol–water partition coefficient (Wildman–Crippen LogP) is -0.556. The number of rotatable bonds is 1. The summed E-state index contributed by atoms with van der Waals surface area (Å²) in [5.74, 6) is -1.79. The Bertz CT molecular complexity index is 200. The fourth-order valence-corrected chi connectivity index (χ4v) is 0.882. The fraction of sp³-hybridized carbons (Fsp3) is 0.714. The van der Waals surface area contributed by atoms with E-state index in [0.717, 1.165) is 0 Å². The van der Waals surface area contributed by atoms with Crippen LogP contribution in [0, 0.1) is 0 Å². The molecule has 12 heavy (non-hydrogen) atoms. The summed E-state index contributed by atoms with van der Waals surface area (Å²) in [5, 5.41) is 8.52. The minimum Gasteiger partial charge on any atom is -0.479 e. The van der Waals surface area contributed by atoms with Gasteiger partial charge in [-0.25, -0.2) is 4.79 Å². The first-order chi connectivity index (χ1) is 5.61. The van der Waals surface area contributed by atoms with Crippen molar-refractivity contribution in [2.75, 3.05) is 13.2 Å². The van der Waals surface area contributed by atoms with E-state index in [1.807, 2.05) is 0 Å². The number of hydrogen-bond acceptors (Lipinski definition) is 4. The summed E-state index contributed by atoms with van der Waals surface area (Å²) in [6.45, 7) is 1.68. The Labute approximate surface area is 69.3 Å². The summed E-state index contributed by atoms with van der Waals surface area (Å²) in [6.07, 6.45) is -1.58. The van der Waals surface area contributed by atoms with Crippen LogP contribution in [0.5, 0.6) is 0 Å². The average molecular weight is 174 g/mol. The molecule has 1 N–H and O–H groups in total. The Hall–Kier alpha value is -0.940. The lowest BCUT2D eigenvalue weighted by Crippen LogP contribution is -2.33. The third kappa shape index (κ3) is 2.02. The monoisotopic (exact) mass is 174 g/mol. The van der Waals surface area contributed by atoms with Crippen molar-refractivity contribution in [3.63, 3.8) is 0 Å². The zero-order chi connectivity index (χ0) is 9.14. The molecule has 0 radical (unpaired) electrons. The number of aliphatic carboxylic acids is 1. The molecule has 1 fully saturated rings. The molecule has 0 saturated carbocycles. The van der Waals surface area contributed by atoms with Crippen LogP contribution in [0.15, 0.2) is 0 Å². The third-order valence-electron chi connectivity index (χ3n) is 1.52. The van der Waals surface area contributed by atoms with Gasteiger partial charge in [0.1, 0.15) is 6.61 Å². The molecule has 1 heterocycles. The summed E-state index contributed by atoms with van der Waals surface area (Å²) in [6, 6.07) is 0. The van der Waals surface area contributed by atoms with Gasteiger partial charge in [0.25, 0.3) is 0 Å². The van der Waals surface area contributed by atoms with Gasteiger partial charge in [0.2, 0.25) is 6.10 Å². The molecular weight excluding hydrogens is 164 g/mol. The maximum absolute atomic E-state index is 11.0. The molecular formula is C7H10O5. The van der Waals surface area contributed by atoms with Gasteiger partial charge in [0, 0.05) is 0 Å². The van der Waals surface area contributed by atoms with Gasteiger partial charge in [-0.15, -0.1) is 0 Å². The number of hydrogen-bond donors (Lipinski definition) is 1. The first-order valence-corrected chi connectivity index (χ1v) is 3.60. The van der Waals surface area contributed by atoms with E-state index in [1.54, 1.807) is 6.92 Å². The van der Waals surface area contributed by atoms with Crippen molar-refractivity contribution in [3.8, 4) is 0 Å². The molecule has 68 valence electrons. The molecule has 0 aromatic carbocycles. The number of carbonyl (C=O) groups excluding carboxylic acids is 1. The Balaban J connectivity index is 2.62. The lowest BCUT2D eigenvalue weighted by Gasteiger charge is -2.07. The predicted molar refractivity (Wildman–Crippen MR) is 37.8 cm³/mol. The number of carboxylic acids is 1. The molecule has 1 aliphatic rings. The first kappa shape index (κ1) is 9.15. The molecule has 0 amide bonds. The molecule has 2 atom stereocenters. The smallest absolute Gasteiger partial charge is 0.340 e. The van der Waals surface area contributed by atoms with Crippen molar-refractivity contribution >= 4 is 11.8 Å². The number of ketones is 1. The maximum atomic E-state index is 11.0. The van der Waals surface area contributed by atoms with Gasteiger partial charge in [-0.3, -0.25) is 4.79 Å². The molecule has 0 aliphatic carbocycles. The standard InChI is InChI=1S/C7H10O5/c1-4-2-12-6(7(9)10)5(8)3-11-4/h4,6H,2-3H2,1H3,(H,9,10)/t4-,6?/m0/s1. The lowest BCUT2D eigenvalue weighted by molar-refractivity contribution is -0.155. The average Bonchev–Trinajstić information content (AvgIpc) is 2.14. The largest absolute Gasteiger partial charge is 0.479 e. The molecule has 1 saturated heterocycles. The van der Waals surface area contributed by atoms with Gasteiger partial charge in [-0.2, -0.15) is 0 Å². The third-order valence-corrected chi connectivity index (χ3v) is 1.52. The summed E-state index contributed by atoms with van der Waals surface area (Å²) in [7, 11) is 0. The number of ether oxygens (including phenoxy) is 2. The normalized spacial score (nSPS) is 31.2. The zero-order valence-corrected chi connectivity index (χ0v) is 6.65. The maximum Gasteiger partial charge on any atom is 0.340 e. The fourth-order valence-electron chi connectivity index (χ4n) is 0.882. The highest BCUT2D eigenvalue weighted by Crippen LogP contribution is 2.05. The van der Waals surface area contributed by atoms with Crippen LogP contribution < -0.4 is 0 Å². The van der Waals surface area contributed by atoms with Crippen molar-refractivity contribution in [2.24, 2.45) is 0 Å². The van der Waals surface area contributed by atoms with Crippen molar-refractivity contribution < 1.29 is 24.2 Å². The van der Waals surface area contributed by atoms with Crippen molar-refractivity contribution in [2.45, 2.75) is 19.1 Å². The summed E-state index contributed by atoms with van der Waals surface area (Å²) in [4.78, 5) is 21.4. The highest BCUT2D eigenvalue weighted by Gasteiger charge is 2.30. The molecule has 0 bridgehead atoms. The molecule has 1 unspecified atom stereocenters. The molecule has 0 spiro atoms. The molecule has 0 aromatic rings. The SMILES string of the molecule is C[C@H]1COC(C(=O)O)C(=O)CO1. The molecule has 1 rings (SSSR count). The van der Waals surface area contributed by atoms with Gasteiger partial charge in [0.05, 0.1) is 12.7 Å². The van der Waals surface area contributed by atoms with Crippen molar-refractivity contribution in [1.29, 1.82) is 0 Å². The number of carbonyl (C=O) groups is 2. The molecule has 1 aliphatic heterocycles. The van der Waals surface area contributed by atoms with Gasteiger partial charge in [-0.05, 0) is 6.92 Å². The molecule has 5 heteroatoms. The number of Topliss-reactive ketones (excluding diaryl/α,β-unsaturated/α-hetero) is 1. The van der Waals surface area contributed by atoms with E-state index in [0.29, 0.717) is 0 Å². The Morgan fingerprint density at radius 2 is 2.25 bits per heavy atom. The van der Waals surface area contributed by atoms with Gasteiger partial charge in [0.15, 0.2) is 5.78 Å². The van der Waals surface area contributed by atoms with Crippen LogP contribution in [-0.4, -0.2) is 42.3 Å². The molecule has 5 nitrogen and oxygen atoms in total. The summed E-state index contributed by atoms with van der Waals surface area (Å²) >= 11 is 0. The topological polar surface area (TPSA) is 72.8 Å². The quantitative estimate of drug-likeness (QED) is 0.539. The van der Waals surface area contributed by atoms with E-state index in [4.69, 9.17) is 14.6 Å². The van der Waals surface area contributed by atoms with Gasteiger partial charge < -0.3 is 14.6 Å². The lowest BCUT2D eigenvalue weighted by atomic mass is 10.2.